The van der Waals surface area contributed by atoms with E-state index in [4.69, 9.17) is 0 Å². The number of hydrogen-bond donors (Lipinski definition) is 2. The molecule has 0 aliphatic heterocycles. The van der Waals surface area contributed by atoms with E-state index >= 15 is 0 Å². The van der Waals surface area contributed by atoms with Crippen LogP contribution in [0.4, 0.5) is 0 Å². The van der Waals surface area contributed by atoms with Crippen LogP contribution >= 0.6 is 0 Å². The van der Waals surface area contributed by atoms with Crippen molar-refractivity contribution in [1.82, 2.24) is 19.9 Å². The van der Waals surface area contributed by atoms with Crippen molar-refractivity contribution in [3.8, 4) is 0 Å². The van der Waals surface area contributed by atoms with Gasteiger partial charge in [0.2, 0.25) is 0 Å². The highest BCUT2D eigenvalue weighted by Crippen LogP contribution is 2.01. The van der Waals surface area contributed by atoms with Crippen LogP contribution in [0.1, 0.15) is 48.7 Å². The van der Waals surface area contributed by atoms with Crippen molar-refractivity contribution in [1.29, 1.82) is 0 Å². The highest BCUT2D eigenvalue weighted by molar-refractivity contribution is 5.76. The van der Waals surface area contributed by atoms with Crippen LogP contribution in [0, 0.1) is 13.8 Å². The molecule has 2 heterocycles. The molecule has 0 aromatic carbocycles. The Kier molecular flexibility index (Phi) is 6.72. The van der Waals surface area contributed by atoms with Gasteiger partial charge >= 0.3 is 0 Å². The Balaban J connectivity index is 1.54. The summed E-state index contributed by atoms with van der Waals surface area (Å²) in [7, 11) is 2.10. The van der Waals surface area contributed by atoms with Crippen molar-refractivity contribution in [2.45, 2.75) is 39.5 Å². The summed E-state index contributed by atoms with van der Waals surface area (Å²) in [5.74, 6) is 1.88. The predicted octanol–water partition coefficient (Wildman–Crippen LogP) is 2.49. The number of rotatable bonds is 9. The molecule has 0 spiro atoms. The molecule has 0 bridgehead atoms. The molecule has 2 rings (SSSR count). The first kappa shape index (κ1) is 17.1. The van der Waals surface area contributed by atoms with Gasteiger partial charge in [-0.25, -0.2) is 14.5 Å². The number of unbranched alkanes of at least 4 members (excludes halogenated alkanes) is 3. The first-order valence-corrected chi connectivity index (χ1v) is 8.21. The molecule has 0 atom stereocenters. The van der Waals surface area contributed by atoms with Gasteiger partial charge in [0.25, 0.3) is 0 Å². The number of hydrogen-bond acceptors (Lipinski definition) is 3. The maximum absolute atomic E-state index is 4.42. The lowest BCUT2D eigenvalue weighted by molar-refractivity contribution is -0.492. The van der Waals surface area contributed by atoms with Gasteiger partial charge in [-0.3, -0.25) is 4.99 Å². The van der Waals surface area contributed by atoms with Gasteiger partial charge in [0.15, 0.2) is 6.21 Å². The molecule has 6 heteroatoms. The minimum atomic E-state index is 0.882. The lowest BCUT2D eigenvalue weighted by Crippen LogP contribution is -2.09. The molecule has 0 aliphatic carbocycles. The molecular weight excluding hydrogens is 288 g/mol. The maximum atomic E-state index is 4.42. The van der Waals surface area contributed by atoms with Crippen molar-refractivity contribution in [3.63, 3.8) is 0 Å². The number of nitrogens with zero attached hydrogens (tertiary/aromatic N) is 4. The van der Waals surface area contributed by atoms with E-state index in [1.807, 2.05) is 32.5 Å². The zero-order chi connectivity index (χ0) is 16.5. The van der Waals surface area contributed by atoms with Gasteiger partial charge in [0, 0.05) is 19.2 Å². The van der Waals surface area contributed by atoms with E-state index in [9.17, 15) is 0 Å². The molecule has 6 nitrogen and oxygen atoms in total. The van der Waals surface area contributed by atoms with Crippen molar-refractivity contribution in [2.75, 3.05) is 20.1 Å². The van der Waals surface area contributed by atoms with Gasteiger partial charge in [-0.1, -0.05) is 6.42 Å². The van der Waals surface area contributed by atoms with E-state index in [1.54, 1.807) is 0 Å². The minimum absolute atomic E-state index is 0.882. The van der Waals surface area contributed by atoms with Crippen molar-refractivity contribution in [2.24, 2.45) is 4.99 Å². The fourth-order valence-corrected chi connectivity index (χ4v) is 2.39. The number of aliphatic imine (C=N–C) groups is 1. The molecule has 2 aromatic heterocycles. The van der Waals surface area contributed by atoms with Gasteiger partial charge in [0.05, 0.1) is 18.1 Å². The second kappa shape index (κ2) is 9.02. The van der Waals surface area contributed by atoms with Crippen molar-refractivity contribution < 1.29 is 4.58 Å². The zero-order valence-corrected chi connectivity index (χ0v) is 14.3. The normalized spacial score (nSPS) is 12.4. The van der Waals surface area contributed by atoms with Crippen LogP contribution in [-0.4, -0.2) is 57.1 Å². The summed E-state index contributed by atoms with van der Waals surface area (Å²) in [4.78, 5) is 19.1. The molecule has 0 amide bonds. The van der Waals surface area contributed by atoms with Gasteiger partial charge in [-0.05, 0) is 26.7 Å². The lowest BCUT2D eigenvalue weighted by Gasteiger charge is -1.98. The predicted molar refractivity (Wildman–Crippen MR) is 93.8 cm³/mol. The van der Waals surface area contributed by atoms with Gasteiger partial charge < -0.3 is 9.97 Å². The quantitative estimate of drug-likeness (QED) is 0.424. The summed E-state index contributed by atoms with van der Waals surface area (Å²) in [6.07, 6.45) is 12.4. The number of imidazole rings is 2. The second-order valence-corrected chi connectivity index (χ2v) is 5.91. The molecule has 0 fully saturated rings. The van der Waals surface area contributed by atoms with Crippen LogP contribution in [0.5, 0.6) is 0 Å². The fourth-order valence-electron chi connectivity index (χ4n) is 2.39. The Morgan fingerprint density at radius 3 is 2.30 bits per heavy atom. The zero-order valence-electron chi connectivity index (χ0n) is 14.3. The van der Waals surface area contributed by atoms with Gasteiger partial charge in [-0.15, -0.1) is 0 Å². The minimum Gasteiger partial charge on any atom is -0.341 e. The number of aromatic amines is 2. The third-order valence-electron chi connectivity index (χ3n) is 3.58. The van der Waals surface area contributed by atoms with E-state index < -0.39 is 0 Å². The Hall–Kier alpha value is -2.24. The van der Waals surface area contributed by atoms with E-state index in [-0.39, 0.29) is 0 Å². The fraction of sp³-hybridized carbons (Fsp3) is 0.529. The topological polar surface area (TPSA) is 72.7 Å². The molecule has 0 unspecified atom stereocenters. The monoisotopic (exact) mass is 315 g/mol. The van der Waals surface area contributed by atoms with E-state index in [0.717, 1.165) is 42.5 Å². The van der Waals surface area contributed by atoms with E-state index in [1.165, 1.54) is 19.3 Å². The Labute approximate surface area is 137 Å². The van der Waals surface area contributed by atoms with Crippen LogP contribution < -0.4 is 0 Å². The highest BCUT2D eigenvalue weighted by atomic mass is 15.0. The maximum Gasteiger partial charge on any atom is 0.188 e. The molecule has 0 saturated carbocycles. The molecule has 2 aromatic rings. The first-order valence-electron chi connectivity index (χ1n) is 8.21. The highest BCUT2D eigenvalue weighted by Gasteiger charge is 2.00. The summed E-state index contributed by atoms with van der Waals surface area (Å²) in [6, 6.07) is 0. The Morgan fingerprint density at radius 1 is 1.00 bits per heavy atom. The standard InChI is InChI=1S/C17H26N6/c1-14-19-11-16(21-14)10-18-8-6-4-5-7-9-23(3)13-17-12-20-15(2)22-17/h10-13H,4-9H2,1-3H3,(H,18,19,21)/p+1. The largest absolute Gasteiger partial charge is 0.341 e. The van der Waals surface area contributed by atoms with Crippen LogP contribution in [0.2, 0.25) is 0 Å². The summed E-state index contributed by atoms with van der Waals surface area (Å²) in [6.45, 7) is 5.86. The molecule has 2 N–H and O–H groups in total. The first-order chi connectivity index (χ1) is 11.1. The lowest BCUT2D eigenvalue weighted by atomic mass is 10.2. The van der Waals surface area contributed by atoms with Gasteiger partial charge in [0.1, 0.15) is 30.9 Å². The average Bonchev–Trinajstić information content (AvgIpc) is 3.10. The number of aromatic nitrogens is 4. The summed E-state index contributed by atoms with van der Waals surface area (Å²) >= 11 is 0. The smallest absolute Gasteiger partial charge is 0.188 e. The van der Waals surface area contributed by atoms with Crippen LogP contribution in [0.3, 0.4) is 0 Å². The van der Waals surface area contributed by atoms with Crippen LogP contribution in [-0.2, 0) is 0 Å². The Morgan fingerprint density at radius 2 is 1.65 bits per heavy atom. The van der Waals surface area contributed by atoms with Crippen LogP contribution in [0.15, 0.2) is 17.4 Å². The summed E-state index contributed by atoms with van der Waals surface area (Å²) < 4.78 is 2.21. The summed E-state index contributed by atoms with van der Waals surface area (Å²) in [5, 5.41) is 0. The average molecular weight is 315 g/mol. The third kappa shape index (κ3) is 6.59. The second-order valence-electron chi connectivity index (χ2n) is 5.91. The SMILES string of the molecule is Cc1ncc(C=NCCCCCC[N+](C)=Cc2cnc(C)[nH]2)[nH]1. The van der Waals surface area contributed by atoms with Crippen molar-refractivity contribution in [3.05, 3.63) is 35.4 Å². The number of aryl methyl sites for hydroxylation is 2. The third-order valence-corrected chi connectivity index (χ3v) is 3.58. The molecule has 124 valence electrons. The van der Waals surface area contributed by atoms with Crippen molar-refractivity contribution >= 4 is 12.4 Å². The number of nitrogens with one attached hydrogen (secondary N) is 2. The van der Waals surface area contributed by atoms with E-state index in [2.05, 4.69) is 42.8 Å². The number of H-pyrrole nitrogens is 2. The summed E-state index contributed by atoms with van der Waals surface area (Å²) in [5.41, 5.74) is 2.04. The van der Waals surface area contributed by atoms with E-state index in [0.29, 0.717) is 0 Å². The molecule has 0 aliphatic rings. The Bertz CT molecular complexity index is 650. The molecule has 23 heavy (non-hydrogen) atoms. The molecule has 0 saturated heterocycles. The molecular formula is C17H27N6+. The van der Waals surface area contributed by atoms with Gasteiger partial charge in [-0.2, -0.15) is 0 Å². The van der Waals surface area contributed by atoms with Crippen LogP contribution in [0.25, 0.3) is 0 Å². The molecule has 0 radical (unpaired) electrons.